The molecule has 84 valence electrons. The van der Waals surface area contributed by atoms with Crippen LogP contribution in [0.5, 0.6) is 0 Å². The number of rotatable bonds is 3. The molecule has 1 rings (SSSR count). The Balaban J connectivity index is 2.63. The predicted octanol–water partition coefficient (Wildman–Crippen LogP) is 1.27. The van der Waals surface area contributed by atoms with Crippen molar-refractivity contribution in [2.24, 2.45) is 5.92 Å². The molecule has 0 aromatic rings. The number of carbonyl (C=O) groups is 3. The molecule has 0 saturated heterocycles. The van der Waals surface area contributed by atoms with Crippen LogP contribution in [0, 0.1) is 5.92 Å². The average molecular weight is 212 g/mol. The number of carbonyl (C=O) groups excluding carboxylic acids is 3. The smallest absolute Gasteiger partial charge is 0.375 e. The highest BCUT2D eigenvalue weighted by atomic mass is 16.5. The number of Topliss-reactive ketones (excluding diaryl/α,β-unsaturated/α-hetero) is 2. The largest absolute Gasteiger partial charge is 0.460 e. The number of hydrogen-bond donors (Lipinski definition) is 0. The Bertz CT molecular complexity index is 270. The predicted molar refractivity (Wildman–Crippen MR) is 53.2 cm³/mol. The molecule has 0 amide bonds. The minimum atomic E-state index is -0.863. The molecule has 1 atom stereocenters. The third-order valence-electron chi connectivity index (χ3n) is 2.60. The lowest BCUT2D eigenvalue weighted by molar-refractivity contribution is -0.156. The Hall–Kier alpha value is -1.19. The summed E-state index contributed by atoms with van der Waals surface area (Å²) in [5.41, 5.74) is 0. The molecule has 1 fully saturated rings. The summed E-state index contributed by atoms with van der Waals surface area (Å²) in [5.74, 6) is -2.38. The third kappa shape index (κ3) is 3.15. The molecule has 0 unspecified atom stereocenters. The molecule has 0 aromatic heterocycles. The molecule has 0 N–H and O–H groups in total. The van der Waals surface area contributed by atoms with Crippen molar-refractivity contribution in [3.8, 4) is 0 Å². The molecule has 1 aliphatic rings. The highest BCUT2D eigenvalue weighted by Crippen LogP contribution is 2.21. The van der Waals surface area contributed by atoms with E-state index in [-0.39, 0.29) is 12.4 Å². The van der Waals surface area contributed by atoms with Gasteiger partial charge in [0, 0.05) is 6.42 Å². The second kappa shape index (κ2) is 5.63. The topological polar surface area (TPSA) is 60.4 Å². The molecule has 15 heavy (non-hydrogen) atoms. The maximum absolute atomic E-state index is 11.6. The van der Waals surface area contributed by atoms with Crippen molar-refractivity contribution in [1.29, 1.82) is 0 Å². The van der Waals surface area contributed by atoms with E-state index < -0.39 is 17.7 Å². The van der Waals surface area contributed by atoms with E-state index in [9.17, 15) is 14.4 Å². The van der Waals surface area contributed by atoms with Gasteiger partial charge in [0.25, 0.3) is 0 Å². The van der Waals surface area contributed by atoms with Gasteiger partial charge in [-0.25, -0.2) is 4.79 Å². The molecule has 4 heteroatoms. The van der Waals surface area contributed by atoms with Crippen molar-refractivity contribution in [2.45, 2.75) is 39.0 Å². The quantitative estimate of drug-likeness (QED) is 0.306. The minimum absolute atomic E-state index is 0.106. The second-order valence-electron chi connectivity index (χ2n) is 3.70. The van der Waals surface area contributed by atoms with Crippen LogP contribution in [-0.4, -0.2) is 24.1 Å². The number of hydrogen-bond acceptors (Lipinski definition) is 4. The molecule has 0 aliphatic heterocycles. The Morgan fingerprint density at radius 1 is 1.33 bits per heavy atom. The minimum Gasteiger partial charge on any atom is -0.460 e. The molecular weight excluding hydrogens is 196 g/mol. The lowest BCUT2D eigenvalue weighted by Gasteiger charge is -2.09. The summed E-state index contributed by atoms with van der Waals surface area (Å²) in [7, 11) is 0. The van der Waals surface area contributed by atoms with E-state index in [1.54, 1.807) is 6.92 Å². The number of ether oxygens (including phenoxy) is 1. The fraction of sp³-hybridized carbons (Fsp3) is 0.727. The Morgan fingerprint density at radius 2 is 2.07 bits per heavy atom. The molecule has 4 nitrogen and oxygen atoms in total. The fourth-order valence-electron chi connectivity index (χ4n) is 1.78. The molecule has 1 saturated carbocycles. The zero-order valence-electron chi connectivity index (χ0n) is 8.95. The molecule has 1 aliphatic carbocycles. The van der Waals surface area contributed by atoms with Crippen LogP contribution in [-0.2, 0) is 19.1 Å². The molecule has 0 aromatic carbocycles. The van der Waals surface area contributed by atoms with E-state index in [2.05, 4.69) is 4.74 Å². The Kier molecular flexibility index (Phi) is 4.46. The van der Waals surface area contributed by atoms with Crippen molar-refractivity contribution in [3.63, 3.8) is 0 Å². The maximum atomic E-state index is 11.6. The SMILES string of the molecule is CCOC(=O)C(=O)[C@H]1CCCCCC1=O. The van der Waals surface area contributed by atoms with Crippen molar-refractivity contribution in [2.75, 3.05) is 6.61 Å². The van der Waals surface area contributed by atoms with Gasteiger partial charge in [-0.15, -0.1) is 0 Å². The van der Waals surface area contributed by atoms with Crippen LogP contribution in [0.4, 0.5) is 0 Å². The van der Waals surface area contributed by atoms with Gasteiger partial charge >= 0.3 is 5.97 Å². The van der Waals surface area contributed by atoms with Crippen LogP contribution in [0.2, 0.25) is 0 Å². The third-order valence-corrected chi connectivity index (χ3v) is 2.60. The van der Waals surface area contributed by atoms with Gasteiger partial charge in [-0.1, -0.05) is 12.8 Å². The lowest BCUT2D eigenvalue weighted by atomic mass is 9.94. The number of esters is 1. The van der Waals surface area contributed by atoms with Gasteiger partial charge in [0.2, 0.25) is 5.78 Å². The summed E-state index contributed by atoms with van der Waals surface area (Å²) in [5, 5.41) is 0. The molecular formula is C11H16O4. The first-order chi connectivity index (χ1) is 7.16. The van der Waals surface area contributed by atoms with Gasteiger partial charge < -0.3 is 4.74 Å². The summed E-state index contributed by atoms with van der Waals surface area (Å²) >= 11 is 0. The normalized spacial score (nSPS) is 21.9. The summed E-state index contributed by atoms with van der Waals surface area (Å²) in [6, 6.07) is 0. The highest BCUT2D eigenvalue weighted by Gasteiger charge is 2.32. The van der Waals surface area contributed by atoms with Gasteiger partial charge in [-0.05, 0) is 19.8 Å². The highest BCUT2D eigenvalue weighted by molar-refractivity contribution is 6.38. The average Bonchev–Trinajstić information content (AvgIpc) is 2.42. The second-order valence-corrected chi connectivity index (χ2v) is 3.70. The Morgan fingerprint density at radius 3 is 2.73 bits per heavy atom. The number of ketones is 2. The first kappa shape index (κ1) is 11.9. The molecule has 0 radical (unpaired) electrons. The van der Waals surface area contributed by atoms with Crippen LogP contribution >= 0.6 is 0 Å². The van der Waals surface area contributed by atoms with E-state index in [4.69, 9.17) is 0 Å². The van der Waals surface area contributed by atoms with Gasteiger partial charge in [-0.3, -0.25) is 9.59 Å². The van der Waals surface area contributed by atoms with Crippen LogP contribution in [0.15, 0.2) is 0 Å². The summed E-state index contributed by atoms with van der Waals surface area (Å²) in [6.07, 6.45) is 3.53. The van der Waals surface area contributed by atoms with Crippen LogP contribution in [0.3, 0.4) is 0 Å². The van der Waals surface area contributed by atoms with Gasteiger partial charge in [0.15, 0.2) is 0 Å². The van der Waals surface area contributed by atoms with Crippen molar-refractivity contribution in [1.82, 2.24) is 0 Å². The van der Waals surface area contributed by atoms with E-state index in [1.165, 1.54) is 0 Å². The monoisotopic (exact) mass is 212 g/mol. The first-order valence-electron chi connectivity index (χ1n) is 5.40. The van der Waals surface area contributed by atoms with E-state index in [0.717, 1.165) is 19.3 Å². The summed E-state index contributed by atoms with van der Waals surface area (Å²) in [4.78, 5) is 34.3. The van der Waals surface area contributed by atoms with Crippen molar-refractivity contribution in [3.05, 3.63) is 0 Å². The fourth-order valence-corrected chi connectivity index (χ4v) is 1.78. The zero-order valence-corrected chi connectivity index (χ0v) is 8.95. The zero-order chi connectivity index (χ0) is 11.3. The van der Waals surface area contributed by atoms with Crippen LogP contribution < -0.4 is 0 Å². The van der Waals surface area contributed by atoms with Gasteiger partial charge in [0.05, 0.1) is 12.5 Å². The van der Waals surface area contributed by atoms with E-state index in [0.29, 0.717) is 12.8 Å². The van der Waals surface area contributed by atoms with Crippen molar-refractivity contribution < 1.29 is 19.1 Å². The lowest BCUT2D eigenvalue weighted by Crippen LogP contribution is -2.30. The van der Waals surface area contributed by atoms with Crippen LogP contribution in [0.25, 0.3) is 0 Å². The summed E-state index contributed by atoms with van der Waals surface area (Å²) in [6.45, 7) is 1.81. The standard InChI is InChI=1S/C11H16O4/c1-2-15-11(14)10(13)8-6-4-3-5-7-9(8)12/h8H,2-7H2,1H3/t8-/m0/s1. The molecule has 0 spiro atoms. The Labute approximate surface area is 89.0 Å². The van der Waals surface area contributed by atoms with E-state index in [1.807, 2.05) is 0 Å². The molecule has 0 heterocycles. The van der Waals surface area contributed by atoms with Gasteiger partial charge in [-0.2, -0.15) is 0 Å². The van der Waals surface area contributed by atoms with E-state index >= 15 is 0 Å². The van der Waals surface area contributed by atoms with Crippen LogP contribution in [0.1, 0.15) is 39.0 Å². The summed E-state index contributed by atoms with van der Waals surface area (Å²) < 4.78 is 4.61. The molecule has 0 bridgehead atoms. The van der Waals surface area contributed by atoms with Gasteiger partial charge in [0.1, 0.15) is 5.78 Å². The maximum Gasteiger partial charge on any atom is 0.375 e. The van der Waals surface area contributed by atoms with Crippen molar-refractivity contribution >= 4 is 17.5 Å². The first-order valence-corrected chi connectivity index (χ1v) is 5.40.